The fourth-order valence-electron chi connectivity index (χ4n) is 1.54. The first-order chi connectivity index (χ1) is 8.47. The van der Waals surface area contributed by atoms with Crippen molar-refractivity contribution in [1.29, 1.82) is 0 Å². The quantitative estimate of drug-likeness (QED) is 0.740. The Bertz CT molecular complexity index is 597. The minimum atomic E-state index is 0.433. The molecule has 0 radical (unpaired) electrons. The van der Waals surface area contributed by atoms with Crippen molar-refractivity contribution >= 4 is 51.9 Å². The maximum absolute atomic E-state index is 5.97. The van der Waals surface area contributed by atoms with Gasteiger partial charge in [-0.05, 0) is 36.8 Å². The maximum atomic E-state index is 5.97. The van der Waals surface area contributed by atoms with Crippen molar-refractivity contribution in [1.82, 2.24) is 0 Å². The van der Waals surface area contributed by atoms with Crippen LogP contribution in [0.1, 0.15) is 5.56 Å². The molecule has 5 heteroatoms. The average molecular weight is 302 g/mol. The Kier molecular flexibility index (Phi) is 3.91. The second-order valence-electron chi connectivity index (χ2n) is 3.94. The van der Waals surface area contributed by atoms with E-state index in [1.54, 1.807) is 12.1 Å². The zero-order valence-electron chi connectivity index (χ0n) is 9.60. The number of nitrogen functional groups attached to an aromatic ring is 1. The van der Waals surface area contributed by atoms with Gasteiger partial charge in [0.1, 0.15) is 0 Å². The van der Waals surface area contributed by atoms with E-state index in [4.69, 9.17) is 40.5 Å². The first-order valence-electron chi connectivity index (χ1n) is 5.25. The third kappa shape index (κ3) is 2.83. The molecule has 0 aliphatic rings. The molecule has 0 atom stereocenters. The minimum absolute atomic E-state index is 0.433. The van der Waals surface area contributed by atoms with E-state index in [0.717, 1.165) is 11.3 Å². The van der Waals surface area contributed by atoms with Gasteiger partial charge in [0.15, 0.2) is 0 Å². The summed E-state index contributed by atoms with van der Waals surface area (Å²) < 4.78 is 0. The van der Waals surface area contributed by atoms with Gasteiger partial charge in [0.25, 0.3) is 0 Å². The molecule has 0 saturated heterocycles. The van der Waals surface area contributed by atoms with E-state index in [-0.39, 0.29) is 0 Å². The van der Waals surface area contributed by atoms with Gasteiger partial charge in [0, 0.05) is 10.7 Å². The highest BCUT2D eigenvalue weighted by Gasteiger charge is 2.07. The van der Waals surface area contributed by atoms with E-state index >= 15 is 0 Å². The molecule has 0 heterocycles. The molecular weight excluding hydrogens is 291 g/mol. The molecule has 18 heavy (non-hydrogen) atoms. The maximum Gasteiger partial charge on any atom is 0.0634 e. The fraction of sp³-hybridized carbons (Fsp3) is 0.0769. The molecule has 0 amide bonds. The summed E-state index contributed by atoms with van der Waals surface area (Å²) in [6.07, 6.45) is 0. The number of hydrogen-bond acceptors (Lipinski definition) is 2. The third-order valence-corrected chi connectivity index (χ3v) is 3.52. The molecular formula is C13H11Cl3N2. The molecule has 0 aliphatic heterocycles. The van der Waals surface area contributed by atoms with Crippen molar-refractivity contribution in [2.45, 2.75) is 6.92 Å². The van der Waals surface area contributed by atoms with Crippen molar-refractivity contribution in [2.24, 2.45) is 0 Å². The normalized spacial score (nSPS) is 10.4. The Morgan fingerprint density at radius 3 is 2.33 bits per heavy atom. The van der Waals surface area contributed by atoms with Crippen LogP contribution in [0.3, 0.4) is 0 Å². The molecule has 0 aliphatic carbocycles. The molecule has 0 aromatic heterocycles. The van der Waals surface area contributed by atoms with E-state index in [9.17, 15) is 0 Å². The van der Waals surface area contributed by atoms with Crippen LogP contribution in [0.5, 0.6) is 0 Å². The van der Waals surface area contributed by atoms with Crippen LogP contribution in [0.15, 0.2) is 30.3 Å². The van der Waals surface area contributed by atoms with Crippen molar-refractivity contribution in [3.63, 3.8) is 0 Å². The van der Waals surface area contributed by atoms with Gasteiger partial charge in [-0.2, -0.15) is 0 Å². The van der Waals surface area contributed by atoms with Crippen molar-refractivity contribution in [3.05, 3.63) is 51.0 Å². The van der Waals surface area contributed by atoms with E-state index in [2.05, 4.69) is 5.32 Å². The zero-order valence-corrected chi connectivity index (χ0v) is 11.9. The molecule has 3 N–H and O–H groups in total. The van der Waals surface area contributed by atoms with E-state index in [1.165, 1.54) is 0 Å². The molecule has 94 valence electrons. The van der Waals surface area contributed by atoms with Crippen LogP contribution in [-0.2, 0) is 0 Å². The molecule has 0 unspecified atom stereocenters. The van der Waals surface area contributed by atoms with Crippen LogP contribution >= 0.6 is 34.8 Å². The van der Waals surface area contributed by atoms with Crippen LogP contribution in [0.25, 0.3) is 0 Å². The standard InChI is InChI=1S/C13H11Cl3N2/c1-7-2-3-8(14)4-12(7)18-13-6-10(16)9(15)5-11(13)17/h2-6,18H,17H2,1H3. The van der Waals surface area contributed by atoms with Crippen molar-refractivity contribution < 1.29 is 0 Å². The van der Waals surface area contributed by atoms with E-state index in [0.29, 0.717) is 26.4 Å². The number of anilines is 3. The summed E-state index contributed by atoms with van der Waals surface area (Å²) in [6, 6.07) is 8.91. The van der Waals surface area contributed by atoms with Gasteiger partial charge < -0.3 is 11.1 Å². The topological polar surface area (TPSA) is 38.0 Å². The lowest BCUT2D eigenvalue weighted by Crippen LogP contribution is -1.98. The predicted octanol–water partition coefficient (Wildman–Crippen LogP) is 5.28. The Balaban J connectivity index is 2.40. The SMILES string of the molecule is Cc1ccc(Cl)cc1Nc1cc(Cl)c(Cl)cc1N. The van der Waals surface area contributed by atoms with Gasteiger partial charge in [0.2, 0.25) is 0 Å². The lowest BCUT2D eigenvalue weighted by Gasteiger charge is -2.13. The predicted molar refractivity (Wildman–Crippen MR) is 80.3 cm³/mol. The van der Waals surface area contributed by atoms with Gasteiger partial charge in [0.05, 0.1) is 21.4 Å². The Labute approximate surface area is 121 Å². The molecule has 0 fully saturated rings. The highest BCUT2D eigenvalue weighted by molar-refractivity contribution is 6.42. The average Bonchev–Trinajstić information content (AvgIpc) is 2.30. The third-order valence-electron chi connectivity index (χ3n) is 2.56. The van der Waals surface area contributed by atoms with Gasteiger partial charge >= 0.3 is 0 Å². The fourth-order valence-corrected chi connectivity index (χ4v) is 2.05. The Hall–Kier alpha value is -1.09. The summed E-state index contributed by atoms with van der Waals surface area (Å²) in [4.78, 5) is 0. The first kappa shape index (κ1) is 13.3. The summed E-state index contributed by atoms with van der Waals surface area (Å²) in [5, 5.41) is 4.74. The minimum Gasteiger partial charge on any atom is -0.397 e. The molecule has 2 nitrogen and oxygen atoms in total. The molecule has 0 spiro atoms. The lowest BCUT2D eigenvalue weighted by atomic mass is 10.2. The second kappa shape index (κ2) is 5.27. The van der Waals surface area contributed by atoms with Crippen LogP contribution < -0.4 is 11.1 Å². The van der Waals surface area contributed by atoms with Gasteiger partial charge in [-0.25, -0.2) is 0 Å². The summed E-state index contributed by atoms with van der Waals surface area (Å²) >= 11 is 17.8. The van der Waals surface area contributed by atoms with E-state index in [1.807, 2.05) is 25.1 Å². The Morgan fingerprint density at radius 1 is 0.944 bits per heavy atom. The summed E-state index contributed by atoms with van der Waals surface area (Å²) in [6.45, 7) is 1.98. The van der Waals surface area contributed by atoms with Gasteiger partial charge in [-0.15, -0.1) is 0 Å². The monoisotopic (exact) mass is 300 g/mol. The largest absolute Gasteiger partial charge is 0.397 e. The van der Waals surface area contributed by atoms with Crippen LogP contribution in [0.2, 0.25) is 15.1 Å². The number of aryl methyl sites for hydroxylation is 1. The molecule has 0 saturated carbocycles. The van der Waals surface area contributed by atoms with Gasteiger partial charge in [-0.3, -0.25) is 0 Å². The van der Waals surface area contributed by atoms with Crippen molar-refractivity contribution in [2.75, 3.05) is 11.1 Å². The molecule has 2 rings (SSSR count). The highest BCUT2D eigenvalue weighted by Crippen LogP contribution is 2.33. The van der Waals surface area contributed by atoms with Crippen LogP contribution in [0, 0.1) is 6.92 Å². The molecule has 2 aromatic carbocycles. The van der Waals surface area contributed by atoms with Gasteiger partial charge in [-0.1, -0.05) is 40.9 Å². The Morgan fingerprint density at radius 2 is 1.61 bits per heavy atom. The number of rotatable bonds is 2. The smallest absolute Gasteiger partial charge is 0.0634 e. The zero-order chi connectivity index (χ0) is 13.3. The number of benzene rings is 2. The number of hydrogen-bond donors (Lipinski definition) is 2. The van der Waals surface area contributed by atoms with Crippen LogP contribution in [-0.4, -0.2) is 0 Å². The number of nitrogens with two attached hydrogens (primary N) is 1. The first-order valence-corrected chi connectivity index (χ1v) is 6.38. The second-order valence-corrected chi connectivity index (χ2v) is 5.19. The number of nitrogens with one attached hydrogen (secondary N) is 1. The highest BCUT2D eigenvalue weighted by atomic mass is 35.5. The number of halogens is 3. The molecule has 2 aromatic rings. The van der Waals surface area contributed by atoms with E-state index < -0.39 is 0 Å². The van der Waals surface area contributed by atoms with Crippen molar-refractivity contribution in [3.8, 4) is 0 Å². The van der Waals surface area contributed by atoms with Crippen LogP contribution in [0.4, 0.5) is 17.1 Å². The lowest BCUT2D eigenvalue weighted by molar-refractivity contribution is 1.43. The summed E-state index contributed by atoms with van der Waals surface area (Å²) in [5.41, 5.74) is 9.06. The molecule has 0 bridgehead atoms. The summed E-state index contributed by atoms with van der Waals surface area (Å²) in [7, 11) is 0. The summed E-state index contributed by atoms with van der Waals surface area (Å²) in [5.74, 6) is 0.